The highest BCUT2D eigenvalue weighted by molar-refractivity contribution is 6.30. The predicted octanol–water partition coefficient (Wildman–Crippen LogP) is 1.83. The van der Waals surface area contributed by atoms with E-state index in [0.717, 1.165) is 0 Å². The monoisotopic (exact) mass is 198 g/mol. The van der Waals surface area contributed by atoms with Crippen LogP contribution in [0.25, 0.3) is 0 Å². The lowest BCUT2D eigenvalue weighted by Crippen LogP contribution is -2.07. The van der Waals surface area contributed by atoms with Crippen LogP contribution in [0.5, 0.6) is 5.75 Å². The molecule has 13 heavy (non-hydrogen) atoms. The Labute approximate surface area is 80.3 Å². The number of ether oxygens (including phenoxy) is 1. The molecule has 3 nitrogen and oxygen atoms in total. The van der Waals surface area contributed by atoms with Gasteiger partial charge in [0.1, 0.15) is 18.5 Å². The van der Waals surface area contributed by atoms with E-state index >= 15 is 0 Å². The Kier molecular flexibility index (Phi) is 3.46. The Morgan fingerprint density at radius 2 is 2.31 bits per heavy atom. The SMILES string of the molecule is O=CCC(=O)Oc1cccc(Cl)c1. The van der Waals surface area contributed by atoms with Gasteiger partial charge in [-0.1, -0.05) is 17.7 Å². The Morgan fingerprint density at radius 3 is 2.92 bits per heavy atom. The number of esters is 1. The van der Waals surface area contributed by atoms with Gasteiger partial charge in [-0.25, -0.2) is 0 Å². The molecule has 0 spiro atoms. The highest BCUT2D eigenvalue weighted by Gasteiger charge is 2.03. The van der Waals surface area contributed by atoms with Gasteiger partial charge >= 0.3 is 5.97 Å². The van der Waals surface area contributed by atoms with E-state index in [4.69, 9.17) is 16.3 Å². The summed E-state index contributed by atoms with van der Waals surface area (Å²) in [4.78, 5) is 20.8. The van der Waals surface area contributed by atoms with Crippen LogP contribution in [0.15, 0.2) is 24.3 Å². The van der Waals surface area contributed by atoms with Gasteiger partial charge in [0.2, 0.25) is 0 Å². The van der Waals surface area contributed by atoms with Crippen molar-refractivity contribution in [1.82, 2.24) is 0 Å². The minimum Gasteiger partial charge on any atom is -0.426 e. The Morgan fingerprint density at radius 1 is 1.54 bits per heavy atom. The summed E-state index contributed by atoms with van der Waals surface area (Å²) in [5.74, 6) is -0.239. The van der Waals surface area contributed by atoms with E-state index in [1.165, 1.54) is 6.07 Å². The van der Waals surface area contributed by atoms with Crippen molar-refractivity contribution in [2.24, 2.45) is 0 Å². The molecule has 0 aliphatic rings. The summed E-state index contributed by atoms with van der Waals surface area (Å²) in [6.45, 7) is 0. The lowest BCUT2D eigenvalue weighted by molar-refractivity contribution is -0.135. The molecule has 0 aliphatic heterocycles. The van der Waals surface area contributed by atoms with E-state index in [-0.39, 0.29) is 6.42 Å². The van der Waals surface area contributed by atoms with Crippen molar-refractivity contribution in [2.75, 3.05) is 0 Å². The van der Waals surface area contributed by atoms with Crippen LogP contribution in [-0.2, 0) is 9.59 Å². The van der Waals surface area contributed by atoms with E-state index in [0.29, 0.717) is 17.1 Å². The molecule has 0 amide bonds. The third kappa shape index (κ3) is 3.25. The summed E-state index contributed by atoms with van der Waals surface area (Å²) in [6.07, 6.45) is 0.249. The first kappa shape index (κ1) is 9.74. The van der Waals surface area contributed by atoms with Gasteiger partial charge in [0.05, 0.1) is 0 Å². The summed E-state index contributed by atoms with van der Waals surface area (Å²) in [7, 11) is 0. The smallest absolute Gasteiger partial charge is 0.318 e. The zero-order valence-corrected chi connectivity index (χ0v) is 7.45. The third-order valence-corrected chi connectivity index (χ3v) is 1.51. The van der Waals surface area contributed by atoms with E-state index < -0.39 is 5.97 Å². The fourth-order valence-corrected chi connectivity index (χ4v) is 0.952. The summed E-state index contributed by atoms with van der Waals surface area (Å²) in [5.41, 5.74) is 0. The minimum atomic E-state index is -0.586. The topological polar surface area (TPSA) is 43.4 Å². The fraction of sp³-hybridized carbons (Fsp3) is 0.111. The van der Waals surface area contributed by atoms with Gasteiger partial charge in [-0.2, -0.15) is 0 Å². The lowest BCUT2D eigenvalue weighted by Gasteiger charge is -2.01. The van der Waals surface area contributed by atoms with E-state index in [9.17, 15) is 9.59 Å². The van der Waals surface area contributed by atoms with E-state index in [1.807, 2.05) is 0 Å². The number of carbonyl (C=O) groups is 2. The molecular weight excluding hydrogens is 192 g/mol. The highest BCUT2D eigenvalue weighted by Crippen LogP contribution is 2.17. The van der Waals surface area contributed by atoms with Crippen molar-refractivity contribution in [3.8, 4) is 5.75 Å². The summed E-state index contributed by atoms with van der Waals surface area (Å²) >= 11 is 5.64. The van der Waals surface area contributed by atoms with Crippen molar-refractivity contribution in [1.29, 1.82) is 0 Å². The first-order valence-electron chi connectivity index (χ1n) is 3.62. The number of aldehydes is 1. The fourth-order valence-electron chi connectivity index (χ4n) is 0.772. The predicted molar refractivity (Wildman–Crippen MR) is 47.8 cm³/mol. The molecule has 1 aromatic rings. The van der Waals surface area contributed by atoms with Crippen LogP contribution in [0.4, 0.5) is 0 Å². The van der Waals surface area contributed by atoms with Gasteiger partial charge in [0.15, 0.2) is 0 Å². The molecule has 0 bridgehead atoms. The molecule has 1 rings (SSSR count). The van der Waals surface area contributed by atoms with Crippen molar-refractivity contribution in [2.45, 2.75) is 6.42 Å². The van der Waals surface area contributed by atoms with Crippen molar-refractivity contribution >= 4 is 23.9 Å². The lowest BCUT2D eigenvalue weighted by atomic mass is 10.3. The molecule has 0 unspecified atom stereocenters. The quantitative estimate of drug-likeness (QED) is 0.322. The maximum Gasteiger partial charge on any atom is 0.318 e. The van der Waals surface area contributed by atoms with E-state index in [1.54, 1.807) is 18.2 Å². The second-order valence-corrected chi connectivity index (χ2v) is 2.74. The molecule has 1 aromatic carbocycles. The Balaban J connectivity index is 2.63. The van der Waals surface area contributed by atoms with Gasteiger partial charge in [0, 0.05) is 5.02 Å². The van der Waals surface area contributed by atoms with Gasteiger partial charge < -0.3 is 9.53 Å². The van der Waals surface area contributed by atoms with Crippen LogP contribution in [-0.4, -0.2) is 12.3 Å². The standard InChI is InChI=1S/C9H7ClO3/c10-7-2-1-3-8(6-7)13-9(12)4-5-11/h1-3,5-6H,4H2. The van der Waals surface area contributed by atoms with Gasteiger partial charge in [0.25, 0.3) is 0 Å². The highest BCUT2D eigenvalue weighted by atomic mass is 35.5. The minimum absolute atomic E-state index is 0.244. The van der Waals surface area contributed by atoms with Crippen LogP contribution in [0.2, 0.25) is 5.02 Å². The number of hydrogen-bond donors (Lipinski definition) is 0. The van der Waals surface area contributed by atoms with Gasteiger partial charge in [-0.3, -0.25) is 4.79 Å². The summed E-state index contributed by atoms with van der Waals surface area (Å²) < 4.78 is 4.78. The zero-order valence-electron chi connectivity index (χ0n) is 6.70. The molecule has 68 valence electrons. The molecule has 0 radical (unpaired) electrons. The number of carbonyl (C=O) groups excluding carboxylic acids is 2. The van der Waals surface area contributed by atoms with Crippen molar-refractivity contribution in [3.05, 3.63) is 29.3 Å². The largest absolute Gasteiger partial charge is 0.426 e. The Hall–Kier alpha value is -1.35. The molecule has 0 saturated carbocycles. The zero-order chi connectivity index (χ0) is 9.68. The second-order valence-electron chi connectivity index (χ2n) is 2.30. The molecule has 0 atom stereocenters. The van der Waals surface area contributed by atoms with Crippen molar-refractivity contribution in [3.63, 3.8) is 0 Å². The molecule has 0 aromatic heterocycles. The van der Waals surface area contributed by atoms with Crippen LogP contribution < -0.4 is 4.74 Å². The van der Waals surface area contributed by atoms with Crippen LogP contribution in [0, 0.1) is 0 Å². The number of hydrogen-bond acceptors (Lipinski definition) is 3. The molecule has 0 saturated heterocycles. The van der Waals surface area contributed by atoms with Crippen LogP contribution in [0.3, 0.4) is 0 Å². The first-order chi connectivity index (χ1) is 6.22. The third-order valence-electron chi connectivity index (χ3n) is 1.28. The molecule has 0 N–H and O–H groups in total. The molecular formula is C9H7ClO3. The van der Waals surface area contributed by atoms with Gasteiger partial charge in [-0.05, 0) is 18.2 Å². The number of rotatable bonds is 3. The van der Waals surface area contributed by atoms with Crippen molar-refractivity contribution < 1.29 is 14.3 Å². The van der Waals surface area contributed by atoms with Crippen LogP contribution in [0.1, 0.15) is 6.42 Å². The molecule has 0 heterocycles. The maximum atomic E-state index is 10.8. The summed E-state index contributed by atoms with van der Waals surface area (Å²) in [6, 6.07) is 6.42. The Bertz CT molecular complexity index is 322. The number of halogens is 1. The number of benzene rings is 1. The summed E-state index contributed by atoms with van der Waals surface area (Å²) in [5, 5.41) is 0.483. The second kappa shape index (κ2) is 4.62. The molecule has 0 fully saturated rings. The van der Waals surface area contributed by atoms with E-state index in [2.05, 4.69) is 0 Å². The molecule has 0 aliphatic carbocycles. The normalized spacial score (nSPS) is 9.31. The first-order valence-corrected chi connectivity index (χ1v) is 4.00. The van der Waals surface area contributed by atoms with Crippen LogP contribution >= 0.6 is 11.6 Å². The van der Waals surface area contributed by atoms with Gasteiger partial charge in [-0.15, -0.1) is 0 Å². The average Bonchev–Trinajstić information content (AvgIpc) is 2.04. The molecule has 4 heteroatoms. The maximum absolute atomic E-state index is 10.8. The average molecular weight is 199 g/mol.